The first-order chi connectivity index (χ1) is 12.8. The van der Waals surface area contributed by atoms with E-state index in [4.69, 9.17) is 9.47 Å². The van der Waals surface area contributed by atoms with E-state index in [1.54, 1.807) is 30.3 Å². The number of hydrogen-bond acceptors (Lipinski definition) is 5. The Labute approximate surface area is 159 Å². The Bertz CT molecular complexity index is 895. The molecule has 0 radical (unpaired) electrons. The Hall–Kier alpha value is -2.74. The van der Waals surface area contributed by atoms with Gasteiger partial charge in [-0.15, -0.1) is 0 Å². The molecular formula is C19H24N2O5S. The number of carbonyl (C=O) groups is 1. The zero-order valence-corrected chi connectivity index (χ0v) is 16.6. The summed E-state index contributed by atoms with van der Waals surface area (Å²) in [5.41, 5.74) is 0.841. The molecule has 7 nitrogen and oxygen atoms in total. The number of ether oxygens (including phenoxy) is 2. The van der Waals surface area contributed by atoms with Crippen LogP contribution in [0.15, 0.2) is 47.4 Å². The van der Waals surface area contributed by atoms with Crippen molar-refractivity contribution in [3.05, 3.63) is 42.5 Å². The molecule has 0 fully saturated rings. The van der Waals surface area contributed by atoms with E-state index in [1.807, 2.05) is 13.8 Å². The van der Waals surface area contributed by atoms with Crippen LogP contribution in [0.3, 0.4) is 0 Å². The second-order valence-corrected chi connectivity index (χ2v) is 7.68. The number of methoxy groups -OCH3 is 2. The van der Waals surface area contributed by atoms with Gasteiger partial charge < -0.3 is 14.8 Å². The molecule has 2 aromatic rings. The minimum atomic E-state index is -3.82. The minimum absolute atomic E-state index is 0.0712. The summed E-state index contributed by atoms with van der Waals surface area (Å²) < 4.78 is 38.1. The molecule has 27 heavy (non-hydrogen) atoms. The number of anilines is 2. The number of rotatable bonds is 8. The van der Waals surface area contributed by atoms with Crippen LogP contribution in [-0.2, 0) is 14.8 Å². The lowest BCUT2D eigenvalue weighted by Gasteiger charge is -2.14. The number of benzene rings is 2. The lowest BCUT2D eigenvalue weighted by Crippen LogP contribution is -2.19. The second kappa shape index (κ2) is 8.77. The highest BCUT2D eigenvalue weighted by Gasteiger charge is 2.17. The van der Waals surface area contributed by atoms with E-state index in [1.165, 1.54) is 26.4 Å². The molecule has 1 atom stereocenters. The molecule has 0 spiro atoms. The molecule has 1 unspecified atom stereocenters. The van der Waals surface area contributed by atoms with Crippen molar-refractivity contribution in [2.45, 2.75) is 25.2 Å². The van der Waals surface area contributed by atoms with Crippen molar-refractivity contribution >= 4 is 27.3 Å². The summed E-state index contributed by atoms with van der Waals surface area (Å²) in [6.45, 7) is 3.76. The number of sulfonamides is 1. The van der Waals surface area contributed by atoms with Crippen LogP contribution in [0.2, 0.25) is 0 Å². The highest BCUT2D eigenvalue weighted by molar-refractivity contribution is 7.92. The van der Waals surface area contributed by atoms with E-state index < -0.39 is 10.0 Å². The smallest absolute Gasteiger partial charge is 0.262 e. The van der Waals surface area contributed by atoms with E-state index >= 15 is 0 Å². The fraction of sp³-hybridized carbons (Fsp3) is 0.316. The summed E-state index contributed by atoms with van der Waals surface area (Å²) in [6, 6.07) is 10.8. The average Bonchev–Trinajstić information content (AvgIpc) is 2.67. The van der Waals surface area contributed by atoms with Gasteiger partial charge in [-0.3, -0.25) is 9.52 Å². The summed E-state index contributed by atoms with van der Waals surface area (Å²) in [5.74, 6) is 0.679. The number of carbonyl (C=O) groups excluding carboxylic acids is 1. The van der Waals surface area contributed by atoms with Crippen molar-refractivity contribution < 1.29 is 22.7 Å². The molecule has 0 aliphatic heterocycles. The molecular weight excluding hydrogens is 368 g/mol. The molecule has 0 saturated carbocycles. The van der Waals surface area contributed by atoms with Crippen molar-refractivity contribution in [2.75, 3.05) is 24.3 Å². The highest BCUT2D eigenvalue weighted by Crippen LogP contribution is 2.31. The standard InChI is InChI=1S/C19H24N2O5S/c1-5-13(2)19(22)20-14-6-9-16(10-7-14)27(23,24)21-17-11-8-15(25-3)12-18(17)26-4/h6-13,21H,5H2,1-4H3,(H,20,22). The molecule has 2 aromatic carbocycles. The van der Waals surface area contributed by atoms with Crippen molar-refractivity contribution in [1.82, 2.24) is 0 Å². The first-order valence-corrected chi connectivity index (χ1v) is 9.94. The van der Waals surface area contributed by atoms with E-state index in [2.05, 4.69) is 10.0 Å². The van der Waals surface area contributed by atoms with Crippen LogP contribution in [0.25, 0.3) is 0 Å². The van der Waals surface area contributed by atoms with E-state index in [0.717, 1.165) is 6.42 Å². The Morgan fingerprint density at radius 2 is 1.74 bits per heavy atom. The van der Waals surface area contributed by atoms with Gasteiger partial charge in [-0.25, -0.2) is 8.42 Å². The second-order valence-electron chi connectivity index (χ2n) is 5.99. The third kappa shape index (κ3) is 5.13. The third-order valence-corrected chi connectivity index (χ3v) is 5.53. The monoisotopic (exact) mass is 392 g/mol. The van der Waals surface area contributed by atoms with Gasteiger partial charge in [0.2, 0.25) is 5.91 Å². The molecule has 0 heterocycles. The zero-order valence-electron chi connectivity index (χ0n) is 15.8. The van der Waals surface area contributed by atoms with Gasteiger partial charge in [0.05, 0.1) is 24.8 Å². The van der Waals surface area contributed by atoms with Crippen molar-refractivity contribution in [2.24, 2.45) is 5.92 Å². The maximum absolute atomic E-state index is 12.6. The van der Waals surface area contributed by atoms with Gasteiger partial charge in [0.1, 0.15) is 11.5 Å². The van der Waals surface area contributed by atoms with E-state index in [-0.39, 0.29) is 16.7 Å². The normalized spacial score (nSPS) is 12.1. The number of nitrogens with one attached hydrogen (secondary N) is 2. The highest BCUT2D eigenvalue weighted by atomic mass is 32.2. The van der Waals surface area contributed by atoms with Gasteiger partial charge in [0, 0.05) is 17.7 Å². The van der Waals surface area contributed by atoms with Gasteiger partial charge >= 0.3 is 0 Å². The maximum Gasteiger partial charge on any atom is 0.262 e. The molecule has 0 aromatic heterocycles. The summed E-state index contributed by atoms with van der Waals surface area (Å²) >= 11 is 0. The summed E-state index contributed by atoms with van der Waals surface area (Å²) in [5, 5.41) is 2.76. The summed E-state index contributed by atoms with van der Waals surface area (Å²) in [7, 11) is -0.855. The van der Waals surface area contributed by atoms with Gasteiger partial charge in [-0.05, 0) is 42.8 Å². The Balaban J connectivity index is 2.19. The van der Waals surface area contributed by atoms with E-state index in [9.17, 15) is 13.2 Å². The van der Waals surface area contributed by atoms with Gasteiger partial charge in [0.15, 0.2) is 0 Å². The number of amides is 1. The predicted octanol–water partition coefficient (Wildman–Crippen LogP) is 3.49. The lowest BCUT2D eigenvalue weighted by molar-refractivity contribution is -0.119. The summed E-state index contributed by atoms with van der Waals surface area (Å²) in [6.07, 6.45) is 0.728. The third-order valence-electron chi connectivity index (χ3n) is 4.15. The van der Waals surface area contributed by atoms with Crippen LogP contribution in [0.4, 0.5) is 11.4 Å². The van der Waals surface area contributed by atoms with Crippen LogP contribution in [0.5, 0.6) is 11.5 Å². The summed E-state index contributed by atoms with van der Waals surface area (Å²) in [4.78, 5) is 12.0. The first-order valence-electron chi connectivity index (χ1n) is 8.46. The SMILES string of the molecule is CCC(C)C(=O)Nc1ccc(S(=O)(=O)Nc2ccc(OC)cc2OC)cc1. The quantitative estimate of drug-likeness (QED) is 0.717. The lowest BCUT2D eigenvalue weighted by atomic mass is 10.1. The van der Waals surface area contributed by atoms with Crippen molar-refractivity contribution in [1.29, 1.82) is 0 Å². The maximum atomic E-state index is 12.6. The van der Waals surface area contributed by atoms with Gasteiger partial charge in [-0.1, -0.05) is 13.8 Å². The van der Waals surface area contributed by atoms with Crippen LogP contribution < -0.4 is 19.5 Å². The van der Waals surface area contributed by atoms with Crippen LogP contribution in [-0.4, -0.2) is 28.5 Å². The molecule has 2 rings (SSSR count). The Morgan fingerprint density at radius 1 is 1.07 bits per heavy atom. The molecule has 2 N–H and O–H groups in total. The zero-order chi connectivity index (χ0) is 20.0. The van der Waals surface area contributed by atoms with Crippen molar-refractivity contribution in [3.63, 3.8) is 0 Å². The van der Waals surface area contributed by atoms with Crippen LogP contribution in [0.1, 0.15) is 20.3 Å². The van der Waals surface area contributed by atoms with Crippen molar-refractivity contribution in [3.8, 4) is 11.5 Å². The minimum Gasteiger partial charge on any atom is -0.497 e. The fourth-order valence-electron chi connectivity index (χ4n) is 2.25. The van der Waals surface area contributed by atoms with Crippen LogP contribution in [0, 0.1) is 5.92 Å². The molecule has 1 amide bonds. The fourth-order valence-corrected chi connectivity index (χ4v) is 3.33. The molecule has 0 bridgehead atoms. The Kier molecular flexibility index (Phi) is 6.68. The van der Waals surface area contributed by atoms with E-state index in [0.29, 0.717) is 22.9 Å². The topological polar surface area (TPSA) is 93.7 Å². The first kappa shape index (κ1) is 20.6. The molecule has 146 valence electrons. The largest absolute Gasteiger partial charge is 0.497 e. The van der Waals surface area contributed by atoms with Gasteiger partial charge in [-0.2, -0.15) is 0 Å². The number of hydrogen-bond donors (Lipinski definition) is 2. The molecule has 0 aliphatic carbocycles. The average molecular weight is 392 g/mol. The predicted molar refractivity (Wildman–Crippen MR) is 105 cm³/mol. The Morgan fingerprint density at radius 3 is 2.30 bits per heavy atom. The molecule has 0 aliphatic rings. The van der Waals surface area contributed by atoms with Gasteiger partial charge in [0.25, 0.3) is 10.0 Å². The van der Waals surface area contributed by atoms with Crippen LogP contribution >= 0.6 is 0 Å². The molecule has 8 heteroatoms. The molecule has 0 saturated heterocycles.